The molecule has 0 radical (unpaired) electrons. The molecule has 0 unspecified atom stereocenters. The van der Waals surface area contributed by atoms with E-state index in [1.165, 1.54) is 23.1 Å². The first-order valence-electron chi connectivity index (χ1n) is 6.99. The molecule has 3 rings (SSSR count). The van der Waals surface area contributed by atoms with Crippen molar-refractivity contribution < 1.29 is 4.79 Å². The van der Waals surface area contributed by atoms with Crippen molar-refractivity contribution in [3.63, 3.8) is 0 Å². The molecule has 1 aromatic heterocycles. The molecule has 1 amide bonds. The second-order valence-corrected chi connectivity index (χ2v) is 9.09. The van der Waals surface area contributed by atoms with Crippen LogP contribution in [0.3, 0.4) is 0 Å². The Balaban J connectivity index is 1.64. The first kappa shape index (κ1) is 18.9. The topological polar surface area (TPSA) is 54.9 Å². The van der Waals surface area contributed by atoms with Gasteiger partial charge in [0.1, 0.15) is 0 Å². The number of halogens is 3. The Morgan fingerprint density at radius 1 is 1.16 bits per heavy atom. The maximum atomic E-state index is 12.2. The molecule has 128 valence electrons. The van der Waals surface area contributed by atoms with E-state index in [1.807, 2.05) is 24.3 Å². The molecule has 25 heavy (non-hydrogen) atoms. The van der Waals surface area contributed by atoms with E-state index in [2.05, 4.69) is 38.1 Å². The van der Waals surface area contributed by atoms with Gasteiger partial charge in [-0.2, -0.15) is 0 Å². The van der Waals surface area contributed by atoms with E-state index in [1.54, 1.807) is 18.2 Å². The predicted molar refractivity (Wildman–Crippen MR) is 113 cm³/mol. The SMILES string of the molecule is O=C(Nc1nnc(SCc2c(Cl)cccc2Cl)s1)c1cccc(I)c1. The van der Waals surface area contributed by atoms with Crippen molar-refractivity contribution in [1.29, 1.82) is 0 Å². The molecule has 0 bridgehead atoms. The summed E-state index contributed by atoms with van der Waals surface area (Å²) in [5, 5.41) is 12.6. The number of nitrogens with one attached hydrogen (secondary N) is 1. The monoisotopic (exact) mass is 521 g/mol. The number of thioether (sulfide) groups is 1. The van der Waals surface area contributed by atoms with E-state index >= 15 is 0 Å². The third-order valence-electron chi connectivity index (χ3n) is 3.12. The normalized spacial score (nSPS) is 10.7. The summed E-state index contributed by atoms with van der Waals surface area (Å²) >= 11 is 17.3. The summed E-state index contributed by atoms with van der Waals surface area (Å²) in [4.78, 5) is 12.2. The van der Waals surface area contributed by atoms with Crippen LogP contribution in [0.2, 0.25) is 10.0 Å². The second-order valence-electron chi connectivity index (χ2n) is 4.83. The fourth-order valence-corrected chi connectivity index (χ4v) is 4.95. The van der Waals surface area contributed by atoms with Crippen LogP contribution in [0.25, 0.3) is 0 Å². The van der Waals surface area contributed by atoms with E-state index in [-0.39, 0.29) is 5.91 Å². The lowest BCUT2D eigenvalue weighted by molar-refractivity contribution is 0.102. The number of carbonyl (C=O) groups is 1. The summed E-state index contributed by atoms with van der Waals surface area (Å²) in [5.74, 6) is 0.373. The first-order chi connectivity index (χ1) is 12.0. The van der Waals surface area contributed by atoms with E-state index in [4.69, 9.17) is 23.2 Å². The summed E-state index contributed by atoms with van der Waals surface area (Å²) in [6, 6.07) is 12.7. The molecule has 0 atom stereocenters. The largest absolute Gasteiger partial charge is 0.296 e. The molecule has 0 saturated carbocycles. The highest BCUT2D eigenvalue weighted by molar-refractivity contribution is 14.1. The van der Waals surface area contributed by atoms with Crippen molar-refractivity contribution in [2.24, 2.45) is 0 Å². The van der Waals surface area contributed by atoms with Crippen LogP contribution >= 0.6 is 68.9 Å². The molecule has 2 aromatic carbocycles. The Bertz CT molecular complexity index is 900. The fourth-order valence-electron chi connectivity index (χ4n) is 1.92. The van der Waals surface area contributed by atoms with Crippen molar-refractivity contribution in [2.75, 3.05) is 5.32 Å². The molecule has 3 aromatic rings. The zero-order valence-corrected chi connectivity index (χ0v) is 17.8. The molecule has 1 N–H and O–H groups in total. The molecule has 0 aliphatic heterocycles. The molecule has 0 fully saturated rings. The number of benzene rings is 2. The highest BCUT2D eigenvalue weighted by Gasteiger charge is 2.12. The number of hydrogen-bond acceptors (Lipinski definition) is 5. The highest BCUT2D eigenvalue weighted by atomic mass is 127. The molecule has 0 spiro atoms. The van der Waals surface area contributed by atoms with Crippen LogP contribution < -0.4 is 5.32 Å². The minimum atomic E-state index is -0.208. The average molecular weight is 522 g/mol. The van der Waals surface area contributed by atoms with Gasteiger partial charge in [0.2, 0.25) is 5.13 Å². The van der Waals surface area contributed by atoms with Crippen LogP contribution in [0.5, 0.6) is 0 Å². The van der Waals surface area contributed by atoms with Gasteiger partial charge >= 0.3 is 0 Å². The van der Waals surface area contributed by atoms with Crippen molar-refractivity contribution in [3.8, 4) is 0 Å². The van der Waals surface area contributed by atoms with Gasteiger partial charge in [0.15, 0.2) is 4.34 Å². The van der Waals surface area contributed by atoms with Gasteiger partial charge in [0.25, 0.3) is 5.91 Å². The van der Waals surface area contributed by atoms with Gasteiger partial charge in [0.05, 0.1) is 0 Å². The summed E-state index contributed by atoms with van der Waals surface area (Å²) < 4.78 is 1.73. The Morgan fingerprint density at radius 3 is 2.60 bits per heavy atom. The number of hydrogen-bond donors (Lipinski definition) is 1. The molecule has 1 heterocycles. The molecule has 0 aliphatic rings. The predicted octanol–water partition coefficient (Wildman–Crippen LogP) is 5.99. The van der Waals surface area contributed by atoms with Gasteiger partial charge in [-0.15, -0.1) is 10.2 Å². The zero-order valence-electron chi connectivity index (χ0n) is 12.5. The lowest BCUT2D eigenvalue weighted by Crippen LogP contribution is -2.11. The number of nitrogens with zero attached hydrogens (tertiary/aromatic N) is 2. The minimum Gasteiger partial charge on any atom is -0.296 e. The van der Waals surface area contributed by atoms with Crippen molar-refractivity contribution >= 4 is 79.9 Å². The van der Waals surface area contributed by atoms with Gasteiger partial charge in [-0.3, -0.25) is 10.1 Å². The van der Waals surface area contributed by atoms with Crippen molar-refractivity contribution in [1.82, 2.24) is 10.2 Å². The van der Waals surface area contributed by atoms with Crippen LogP contribution in [0.4, 0.5) is 5.13 Å². The minimum absolute atomic E-state index is 0.208. The Morgan fingerprint density at radius 2 is 1.88 bits per heavy atom. The summed E-state index contributed by atoms with van der Waals surface area (Å²) in [6.07, 6.45) is 0. The molecule has 4 nitrogen and oxygen atoms in total. The number of aromatic nitrogens is 2. The smallest absolute Gasteiger partial charge is 0.257 e. The molecule has 0 aliphatic carbocycles. The van der Waals surface area contributed by atoms with Gasteiger partial charge in [-0.05, 0) is 58.5 Å². The molecular weight excluding hydrogens is 512 g/mol. The zero-order chi connectivity index (χ0) is 17.8. The number of rotatable bonds is 5. The van der Waals surface area contributed by atoms with Crippen molar-refractivity contribution in [3.05, 3.63) is 67.2 Å². The van der Waals surface area contributed by atoms with Gasteiger partial charge in [-0.1, -0.05) is 58.4 Å². The quantitative estimate of drug-likeness (QED) is 0.254. The van der Waals surface area contributed by atoms with Gasteiger partial charge < -0.3 is 0 Å². The van der Waals surface area contributed by atoms with Crippen LogP contribution in [0.1, 0.15) is 15.9 Å². The van der Waals surface area contributed by atoms with Crippen LogP contribution in [0.15, 0.2) is 46.8 Å². The van der Waals surface area contributed by atoms with E-state index < -0.39 is 0 Å². The lowest BCUT2D eigenvalue weighted by Gasteiger charge is -2.04. The maximum Gasteiger partial charge on any atom is 0.257 e. The second kappa shape index (κ2) is 8.68. The summed E-state index contributed by atoms with van der Waals surface area (Å²) in [5.41, 5.74) is 1.44. The van der Waals surface area contributed by atoms with Crippen LogP contribution in [0, 0.1) is 3.57 Å². The average Bonchev–Trinajstić information content (AvgIpc) is 3.02. The fraction of sp³-hybridized carbons (Fsp3) is 0.0625. The molecule has 9 heteroatoms. The Kier molecular flexibility index (Phi) is 6.56. The third kappa shape index (κ3) is 5.07. The van der Waals surface area contributed by atoms with E-state index in [9.17, 15) is 4.79 Å². The molecule has 0 saturated heterocycles. The van der Waals surface area contributed by atoms with E-state index in [0.717, 1.165) is 13.5 Å². The Hall–Kier alpha value is -0.870. The van der Waals surface area contributed by atoms with Crippen LogP contribution in [-0.4, -0.2) is 16.1 Å². The standard InChI is InChI=1S/C16H10Cl2IN3OS2/c17-12-5-2-6-13(18)11(12)8-24-16-22-21-15(25-16)20-14(23)9-3-1-4-10(19)7-9/h1-7H,8H2,(H,20,21,23). The Labute approximate surface area is 176 Å². The number of amides is 1. The summed E-state index contributed by atoms with van der Waals surface area (Å²) in [6.45, 7) is 0. The van der Waals surface area contributed by atoms with Crippen LogP contribution in [-0.2, 0) is 5.75 Å². The van der Waals surface area contributed by atoms with Gasteiger partial charge in [-0.25, -0.2) is 0 Å². The molecular formula is C16H10Cl2IN3OS2. The van der Waals surface area contributed by atoms with Crippen molar-refractivity contribution in [2.45, 2.75) is 10.1 Å². The highest BCUT2D eigenvalue weighted by Crippen LogP contribution is 2.33. The lowest BCUT2D eigenvalue weighted by atomic mass is 10.2. The number of carbonyl (C=O) groups excluding carboxylic acids is 1. The third-order valence-corrected chi connectivity index (χ3v) is 6.49. The first-order valence-corrected chi connectivity index (χ1v) is 10.6. The maximum absolute atomic E-state index is 12.2. The van der Waals surface area contributed by atoms with E-state index in [0.29, 0.717) is 26.5 Å². The number of anilines is 1. The van der Waals surface area contributed by atoms with Gasteiger partial charge in [0, 0.05) is 24.9 Å². The summed E-state index contributed by atoms with van der Waals surface area (Å²) in [7, 11) is 0.